The number of hydrogen-bond acceptors (Lipinski definition) is 3. The minimum Gasteiger partial charge on any atom is -0.379 e. The number of guanidine groups is 1. The van der Waals surface area contributed by atoms with Gasteiger partial charge < -0.3 is 15.8 Å². The first-order valence-electron chi connectivity index (χ1n) is 6.85. The highest BCUT2D eigenvalue weighted by molar-refractivity contribution is 5.78. The normalized spacial score (nSPS) is 18.9. The van der Waals surface area contributed by atoms with Crippen molar-refractivity contribution in [3.05, 3.63) is 0 Å². The quantitative estimate of drug-likeness (QED) is 0.434. The van der Waals surface area contributed by atoms with Crippen LogP contribution in [0.3, 0.4) is 0 Å². The van der Waals surface area contributed by atoms with Crippen LogP contribution in [-0.4, -0.2) is 55.8 Å². The Morgan fingerprint density at radius 3 is 2.56 bits per heavy atom. The molecule has 0 radical (unpaired) electrons. The zero-order valence-electron chi connectivity index (χ0n) is 12.0. The molecule has 1 fully saturated rings. The first-order valence-corrected chi connectivity index (χ1v) is 6.85. The van der Waals surface area contributed by atoms with Crippen LogP contribution in [0, 0.1) is 0 Å². The molecular weight excluding hydrogens is 228 g/mol. The fraction of sp³-hybridized carbons (Fsp3) is 0.923. The molecule has 0 atom stereocenters. The zero-order chi connectivity index (χ0) is 13.4. The van der Waals surface area contributed by atoms with Crippen LogP contribution < -0.4 is 11.1 Å². The Balaban J connectivity index is 2.05. The summed E-state index contributed by atoms with van der Waals surface area (Å²) < 4.78 is 5.32. The van der Waals surface area contributed by atoms with Gasteiger partial charge >= 0.3 is 0 Å². The molecule has 0 aromatic rings. The van der Waals surface area contributed by atoms with E-state index in [9.17, 15) is 0 Å². The number of morpholine rings is 1. The molecular formula is C13H28N4O. The first-order chi connectivity index (χ1) is 8.47. The summed E-state index contributed by atoms with van der Waals surface area (Å²) in [7, 11) is 0. The van der Waals surface area contributed by atoms with Crippen LogP contribution in [0.25, 0.3) is 0 Å². The summed E-state index contributed by atoms with van der Waals surface area (Å²) in [5.74, 6) is 0.550. The van der Waals surface area contributed by atoms with Crippen molar-refractivity contribution in [2.24, 2.45) is 10.7 Å². The van der Waals surface area contributed by atoms with E-state index in [4.69, 9.17) is 10.5 Å². The Hall–Kier alpha value is -0.810. The lowest BCUT2D eigenvalue weighted by Crippen LogP contribution is -2.45. The molecule has 1 saturated heterocycles. The van der Waals surface area contributed by atoms with E-state index >= 15 is 0 Å². The van der Waals surface area contributed by atoms with Crippen LogP contribution in [0.5, 0.6) is 0 Å². The molecule has 106 valence electrons. The average Bonchev–Trinajstić information content (AvgIpc) is 2.27. The van der Waals surface area contributed by atoms with E-state index in [2.05, 4.69) is 36.0 Å². The average molecular weight is 256 g/mol. The van der Waals surface area contributed by atoms with Crippen molar-refractivity contribution in [2.45, 2.75) is 39.2 Å². The van der Waals surface area contributed by atoms with E-state index in [0.29, 0.717) is 5.96 Å². The van der Waals surface area contributed by atoms with Crippen molar-refractivity contribution in [2.75, 3.05) is 39.4 Å². The molecule has 0 spiro atoms. The maximum atomic E-state index is 5.80. The van der Waals surface area contributed by atoms with Gasteiger partial charge in [0.05, 0.1) is 13.2 Å². The van der Waals surface area contributed by atoms with Crippen molar-refractivity contribution >= 4 is 5.96 Å². The molecule has 3 N–H and O–H groups in total. The summed E-state index contributed by atoms with van der Waals surface area (Å²) in [6, 6.07) is 0. The highest BCUT2D eigenvalue weighted by Crippen LogP contribution is 2.01. The lowest BCUT2D eigenvalue weighted by atomic mass is 10.1. The third-order valence-electron chi connectivity index (χ3n) is 2.77. The molecule has 0 amide bonds. The number of hydrogen-bond donors (Lipinski definition) is 2. The van der Waals surface area contributed by atoms with Crippen LogP contribution in [0.4, 0.5) is 0 Å². The largest absolute Gasteiger partial charge is 0.379 e. The fourth-order valence-corrected chi connectivity index (χ4v) is 1.90. The molecule has 0 aromatic heterocycles. The number of unbranched alkanes of at least 4 members (excludes halogenated alkanes) is 1. The second kappa shape index (κ2) is 7.59. The van der Waals surface area contributed by atoms with Gasteiger partial charge in [-0.1, -0.05) is 0 Å². The lowest BCUT2D eigenvalue weighted by molar-refractivity contribution is 0.0373. The van der Waals surface area contributed by atoms with E-state index in [0.717, 1.165) is 45.8 Å². The summed E-state index contributed by atoms with van der Waals surface area (Å²) in [5, 5.41) is 3.16. The van der Waals surface area contributed by atoms with E-state index in [1.165, 1.54) is 6.42 Å². The lowest BCUT2D eigenvalue weighted by Gasteiger charge is -2.26. The van der Waals surface area contributed by atoms with Crippen LogP contribution in [0.15, 0.2) is 4.99 Å². The third kappa shape index (κ3) is 7.50. The molecule has 1 aliphatic heterocycles. The van der Waals surface area contributed by atoms with E-state index in [1.54, 1.807) is 0 Å². The first kappa shape index (κ1) is 15.2. The third-order valence-corrected chi connectivity index (χ3v) is 2.77. The summed E-state index contributed by atoms with van der Waals surface area (Å²) in [6.45, 7) is 12.1. The molecule has 0 aromatic carbocycles. The Labute approximate surface area is 111 Å². The van der Waals surface area contributed by atoms with Gasteiger partial charge in [0.15, 0.2) is 5.96 Å². The molecule has 0 unspecified atom stereocenters. The Morgan fingerprint density at radius 2 is 1.94 bits per heavy atom. The summed E-state index contributed by atoms with van der Waals surface area (Å²) in [4.78, 5) is 6.78. The second-order valence-electron chi connectivity index (χ2n) is 5.80. The maximum Gasteiger partial charge on any atom is 0.188 e. The van der Waals surface area contributed by atoms with E-state index in [-0.39, 0.29) is 5.54 Å². The van der Waals surface area contributed by atoms with Crippen LogP contribution in [0.1, 0.15) is 33.6 Å². The van der Waals surface area contributed by atoms with E-state index < -0.39 is 0 Å². The van der Waals surface area contributed by atoms with Gasteiger partial charge in [-0.2, -0.15) is 0 Å². The predicted molar refractivity (Wildman–Crippen MR) is 75.9 cm³/mol. The number of rotatable bonds is 5. The number of nitrogens with one attached hydrogen (secondary N) is 1. The monoisotopic (exact) mass is 256 g/mol. The van der Waals surface area contributed by atoms with Gasteiger partial charge in [-0.05, 0) is 40.2 Å². The Morgan fingerprint density at radius 1 is 1.28 bits per heavy atom. The topological polar surface area (TPSA) is 62.9 Å². The number of aliphatic imine (C=N–C) groups is 1. The minimum atomic E-state index is -0.0125. The SMILES string of the molecule is CC(C)(C)NC(N)=NCCCCN1CCOCC1. The Kier molecular flexibility index (Phi) is 6.43. The molecule has 0 saturated carbocycles. The highest BCUT2D eigenvalue weighted by atomic mass is 16.5. The molecule has 18 heavy (non-hydrogen) atoms. The highest BCUT2D eigenvalue weighted by Gasteiger charge is 2.10. The molecule has 5 nitrogen and oxygen atoms in total. The summed E-state index contributed by atoms with van der Waals surface area (Å²) >= 11 is 0. The fourth-order valence-electron chi connectivity index (χ4n) is 1.90. The summed E-state index contributed by atoms with van der Waals surface area (Å²) in [5.41, 5.74) is 5.78. The van der Waals surface area contributed by atoms with Crippen molar-refractivity contribution in [1.82, 2.24) is 10.2 Å². The van der Waals surface area contributed by atoms with Crippen molar-refractivity contribution in [3.63, 3.8) is 0 Å². The van der Waals surface area contributed by atoms with Gasteiger partial charge in [0.25, 0.3) is 0 Å². The van der Waals surface area contributed by atoms with Gasteiger partial charge in [-0.15, -0.1) is 0 Å². The van der Waals surface area contributed by atoms with Crippen molar-refractivity contribution < 1.29 is 4.74 Å². The molecule has 1 heterocycles. The van der Waals surface area contributed by atoms with Crippen molar-refractivity contribution in [3.8, 4) is 0 Å². The zero-order valence-corrected chi connectivity index (χ0v) is 12.0. The standard InChI is InChI=1S/C13H28N4O/c1-13(2,3)16-12(14)15-6-4-5-7-17-8-10-18-11-9-17/h4-11H2,1-3H3,(H3,14,15,16). The molecule has 1 aliphatic rings. The Bertz CT molecular complexity index is 254. The molecule has 0 bridgehead atoms. The van der Waals surface area contributed by atoms with Gasteiger partial charge in [0, 0.05) is 25.2 Å². The second-order valence-corrected chi connectivity index (χ2v) is 5.80. The van der Waals surface area contributed by atoms with Gasteiger partial charge in [0.2, 0.25) is 0 Å². The summed E-state index contributed by atoms with van der Waals surface area (Å²) in [6.07, 6.45) is 2.26. The van der Waals surface area contributed by atoms with Gasteiger partial charge in [-0.3, -0.25) is 9.89 Å². The van der Waals surface area contributed by atoms with E-state index in [1.807, 2.05) is 0 Å². The number of ether oxygens (including phenoxy) is 1. The van der Waals surface area contributed by atoms with Crippen LogP contribution in [0.2, 0.25) is 0 Å². The molecule has 0 aliphatic carbocycles. The number of nitrogens with two attached hydrogens (primary N) is 1. The molecule has 5 heteroatoms. The predicted octanol–water partition coefficient (Wildman–Crippen LogP) is 0.802. The van der Waals surface area contributed by atoms with Gasteiger partial charge in [0.1, 0.15) is 0 Å². The van der Waals surface area contributed by atoms with Gasteiger partial charge in [-0.25, -0.2) is 0 Å². The maximum absolute atomic E-state index is 5.80. The van der Waals surface area contributed by atoms with Crippen LogP contribution >= 0.6 is 0 Å². The number of nitrogens with zero attached hydrogens (tertiary/aromatic N) is 2. The van der Waals surface area contributed by atoms with Crippen molar-refractivity contribution in [1.29, 1.82) is 0 Å². The van der Waals surface area contributed by atoms with Crippen LogP contribution in [-0.2, 0) is 4.74 Å². The molecule has 1 rings (SSSR count). The smallest absolute Gasteiger partial charge is 0.188 e. The minimum absolute atomic E-state index is 0.0125.